The van der Waals surface area contributed by atoms with Gasteiger partial charge >= 0.3 is 0 Å². The third-order valence-corrected chi connectivity index (χ3v) is 2.60. The Hall–Kier alpha value is -1.09. The Morgan fingerprint density at radius 2 is 2.19 bits per heavy atom. The summed E-state index contributed by atoms with van der Waals surface area (Å²) < 4.78 is 0. The molecule has 0 aromatic carbocycles. The first-order chi connectivity index (χ1) is 7.70. The summed E-state index contributed by atoms with van der Waals surface area (Å²) >= 11 is 0. The third-order valence-electron chi connectivity index (χ3n) is 2.60. The lowest BCUT2D eigenvalue weighted by atomic mass is 10.1. The summed E-state index contributed by atoms with van der Waals surface area (Å²) in [7, 11) is 0. The number of nitrogen functional groups attached to an aromatic ring is 1. The summed E-state index contributed by atoms with van der Waals surface area (Å²) in [4.78, 5) is 4.24. The quantitative estimate of drug-likeness (QED) is 0.696. The van der Waals surface area contributed by atoms with E-state index in [1.807, 2.05) is 12.1 Å². The Kier molecular flexibility index (Phi) is 5.86. The molecular weight excluding hydrogens is 198 g/mol. The van der Waals surface area contributed by atoms with Gasteiger partial charge in [0.15, 0.2) is 0 Å². The van der Waals surface area contributed by atoms with Crippen LogP contribution in [-0.4, -0.2) is 11.5 Å². The van der Waals surface area contributed by atoms with E-state index < -0.39 is 0 Å². The van der Waals surface area contributed by atoms with Crippen LogP contribution in [0.4, 0.5) is 5.69 Å². The van der Waals surface area contributed by atoms with Gasteiger partial charge in [-0.15, -0.1) is 0 Å². The molecule has 0 bridgehead atoms. The average molecular weight is 221 g/mol. The van der Waals surface area contributed by atoms with Gasteiger partial charge in [-0.1, -0.05) is 26.7 Å². The van der Waals surface area contributed by atoms with E-state index in [9.17, 15) is 0 Å². The molecule has 0 aliphatic heterocycles. The van der Waals surface area contributed by atoms with Gasteiger partial charge in [0.25, 0.3) is 0 Å². The number of nitrogens with zero attached hydrogens (tertiary/aromatic N) is 1. The van der Waals surface area contributed by atoms with Crippen molar-refractivity contribution in [3.05, 3.63) is 24.0 Å². The fourth-order valence-electron chi connectivity index (χ4n) is 1.61. The van der Waals surface area contributed by atoms with Crippen molar-refractivity contribution in [3.8, 4) is 0 Å². The standard InChI is InChI=1S/C13H23N3/c1-11(2)6-3-4-8-15-10-13-12(14)7-5-9-16-13/h5,7,9,11,15H,3-4,6,8,10,14H2,1-2H3. The molecule has 1 aromatic rings. The fraction of sp³-hybridized carbons (Fsp3) is 0.615. The van der Waals surface area contributed by atoms with Crippen LogP contribution >= 0.6 is 0 Å². The van der Waals surface area contributed by atoms with Crippen LogP contribution in [0.5, 0.6) is 0 Å². The van der Waals surface area contributed by atoms with Crippen molar-refractivity contribution in [1.29, 1.82) is 0 Å². The van der Waals surface area contributed by atoms with Gasteiger partial charge < -0.3 is 11.1 Å². The second-order valence-corrected chi connectivity index (χ2v) is 4.61. The zero-order valence-corrected chi connectivity index (χ0v) is 10.4. The molecular formula is C13H23N3. The van der Waals surface area contributed by atoms with Crippen LogP contribution < -0.4 is 11.1 Å². The molecule has 1 aromatic heterocycles. The predicted octanol–water partition coefficient (Wildman–Crippen LogP) is 2.58. The second kappa shape index (κ2) is 7.23. The number of hydrogen-bond acceptors (Lipinski definition) is 3. The number of pyridine rings is 1. The van der Waals surface area contributed by atoms with E-state index in [0.29, 0.717) is 0 Å². The first-order valence-electron chi connectivity index (χ1n) is 6.10. The van der Waals surface area contributed by atoms with Gasteiger partial charge in [-0.05, 0) is 31.0 Å². The maximum Gasteiger partial charge on any atom is 0.0770 e. The molecule has 0 radical (unpaired) electrons. The Bertz CT molecular complexity index is 297. The summed E-state index contributed by atoms with van der Waals surface area (Å²) in [6.45, 7) is 6.35. The van der Waals surface area contributed by atoms with E-state index >= 15 is 0 Å². The Labute approximate surface area is 98.5 Å². The second-order valence-electron chi connectivity index (χ2n) is 4.61. The molecule has 90 valence electrons. The monoisotopic (exact) mass is 221 g/mol. The van der Waals surface area contributed by atoms with Crippen molar-refractivity contribution < 1.29 is 0 Å². The number of aromatic nitrogens is 1. The number of rotatable bonds is 7. The van der Waals surface area contributed by atoms with Gasteiger partial charge in [0.05, 0.1) is 11.4 Å². The molecule has 3 heteroatoms. The molecule has 0 spiro atoms. The van der Waals surface area contributed by atoms with E-state index in [1.54, 1.807) is 6.20 Å². The molecule has 0 aliphatic rings. The molecule has 0 amide bonds. The number of hydrogen-bond donors (Lipinski definition) is 2. The van der Waals surface area contributed by atoms with Gasteiger partial charge in [-0.25, -0.2) is 0 Å². The lowest BCUT2D eigenvalue weighted by molar-refractivity contribution is 0.519. The average Bonchev–Trinajstić information content (AvgIpc) is 2.25. The highest BCUT2D eigenvalue weighted by Crippen LogP contribution is 2.07. The minimum atomic E-state index is 0.772. The SMILES string of the molecule is CC(C)CCCCNCc1ncccc1N. The predicted molar refractivity (Wildman–Crippen MR) is 69.0 cm³/mol. The molecule has 0 saturated carbocycles. The van der Waals surface area contributed by atoms with Crippen LogP contribution in [0.1, 0.15) is 38.8 Å². The van der Waals surface area contributed by atoms with Crippen LogP contribution in [0.15, 0.2) is 18.3 Å². The molecule has 3 N–H and O–H groups in total. The van der Waals surface area contributed by atoms with Crippen molar-refractivity contribution in [1.82, 2.24) is 10.3 Å². The Morgan fingerprint density at radius 1 is 1.38 bits per heavy atom. The first-order valence-corrected chi connectivity index (χ1v) is 6.10. The lowest BCUT2D eigenvalue weighted by Gasteiger charge is -2.07. The van der Waals surface area contributed by atoms with E-state index in [1.165, 1.54) is 19.3 Å². The minimum absolute atomic E-state index is 0.772. The molecule has 0 saturated heterocycles. The van der Waals surface area contributed by atoms with Crippen LogP contribution in [0, 0.1) is 5.92 Å². The first kappa shape index (κ1) is 13.0. The van der Waals surface area contributed by atoms with Crippen molar-refractivity contribution in [2.24, 2.45) is 5.92 Å². The zero-order chi connectivity index (χ0) is 11.8. The number of anilines is 1. The van der Waals surface area contributed by atoms with Gasteiger partial charge in [0.1, 0.15) is 0 Å². The Balaban J connectivity index is 2.10. The maximum atomic E-state index is 5.80. The normalized spacial score (nSPS) is 10.9. The highest BCUT2D eigenvalue weighted by Gasteiger charge is 1.98. The number of nitrogens with one attached hydrogen (secondary N) is 1. The summed E-state index contributed by atoms with van der Waals surface area (Å²) in [5.41, 5.74) is 7.52. The van der Waals surface area contributed by atoms with Gasteiger partial charge in [0.2, 0.25) is 0 Å². The molecule has 0 unspecified atom stereocenters. The minimum Gasteiger partial charge on any atom is -0.397 e. The van der Waals surface area contributed by atoms with E-state index in [0.717, 1.165) is 30.4 Å². The smallest absolute Gasteiger partial charge is 0.0770 e. The highest BCUT2D eigenvalue weighted by molar-refractivity contribution is 5.41. The highest BCUT2D eigenvalue weighted by atomic mass is 14.9. The fourth-order valence-corrected chi connectivity index (χ4v) is 1.61. The summed E-state index contributed by atoms with van der Waals surface area (Å²) in [6.07, 6.45) is 5.62. The van der Waals surface area contributed by atoms with Gasteiger partial charge in [-0.3, -0.25) is 4.98 Å². The topological polar surface area (TPSA) is 50.9 Å². The van der Waals surface area contributed by atoms with E-state index in [-0.39, 0.29) is 0 Å². The van der Waals surface area contributed by atoms with Crippen LogP contribution in [-0.2, 0) is 6.54 Å². The van der Waals surface area contributed by atoms with Gasteiger partial charge in [-0.2, -0.15) is 0 Å². The summed E-state index contributed by atoms with van der Waals surface area (Å²) in [5.74, 6) is 0.812. The molecule has 1 rings (SSSR count). The maximum absolute atomic E-state index is 5.80. The molecule has 0 fully saturated rings. The lowest BCUT2D eigenvalue weighted by Crippen LogP contribution is -2.16. The molecule has 16 heavy (non-hydrogen) atoms. The largest absolute Gasteiger partial charge is 0.397 e. The van der Waals surface area contributed by atoms with Crippen LogP contribution in [0.3, 0.4) is 0 Å². The third kappa shape index (κ3) is 5.12. The van der Waals surface area contributed by atoms with Crippen LogP contribution in [0.25, 0.3) is 0 Å². The van der Waals surface area contributed by atoms with Crippen molar-refractivity contribution in [3.63, 3.8) is 0 Å². The van der Waals surface area contributed by atoms with E-state index in [2.05, 4.69) is 24.1 Å². The van der Waals surface area contributed by atoms with Crippen molar-refractivity contribution in [2.45, 2.75) is 39.7 Å². The van der Waals surface area contributed by atoms with Crippen LogP contribution in [0.2, 0.25) is 0 Å². The van der Waals surface area contributed by atoms with Crippen molar-refractivity contribution >= 4 is 5.69 Å². The van der Waals surface area contributed by atoms with Crippen molar-refractivity contribution in [2.75, 3.05) is 12.3 Å². The summed E-state index contributed by atoms with van der Waals surface area (Å²) in [5, 5.41) is 3.37. The Morgan fingerprint density at radius 3 is 2.88 bits per heavy atom. The zero-order valence-electron chi connectivity index (χ0n) is 10.4. The molecule has 0 atom stereocenters. The number of unbranched alkanes of at least 4 members (excludes halogenated alkanes) is 1. The molecule has 1 heterocycles. The molecule has 3 nitrogen and oxygen atoms in total. The summed E-state index contributed by atoms with van der Waals surface area (Å²) in [6, 6.07) is 3.75. The van der Waals surface area contributed by atoms with E-state index in [4.69, 9.17) is 5.73 Å². The van der Waals surface area contributed by atoms with Gasteiger partial charge in [0, 0.05) is 12.7 Å². The molecule has 0 aliphatic carbocycles. The number of nitrogens with two attached hydrogens (primary N) is 1.